The number of aromatic amines is 1. The van der Waals surface area contributed by atoms with Gasteiger partial charge in [0, 0.05) is 19.6 Å². The van der Waals surface area contributed by atoms with Gasteiger partial charge in [-0.25, -0.2) is 4.98 Å². The van der Waals surface area contributed by atoms with Crippen molar-refractivity contribution in [2.75, 3.05) is 33.7 Å². The minimum atomic E-state index is -0.0327. The number of hydrogen-bond donors (Lipinski definition) is 1. The molecule has 0 aromatic carbocycles. The highest BCUT2D eigenvalue weighted by Crippen LogP contribution is 2.20. The van der Waals surface area contributed by atoms with Crippen molar-refractivity contribution < 1.29 is 0 Å². The van der Waals surface area contributed by atoms with Gasteiger partial charge in [-0.3, -0.25) is 9.69 Å². The van der Waals surface area contributed by atoms with E-state index in [1.807, 2.05) is 29.5 Å². The fourth-order valence-corrected chi connectivity index (χ4v) is 2.31. The second kappa shape index (κ2) is 5.03. The van der Waals surface area contributed by atoms with Crippen LogP contribution in [0, 0.1) is 10.5 Å². The monoisotopic (exact) mass is 348 g/mol. The molecule has 1 N–H and O–H groups in total. The minimum absolute atomic E-state index is 0.0327. The van der Waals surface area contributed by atoms with Crippen molar-refractivity contribution >= 4 is 22.6 Å². The maximum Gasteiger partial charge on any atom is 0.264 e. The maximum atomic E-state index is 11.8. The first-order valence-corrected chi connectivity index (χ1v) is 6.72. The highest BCUT2D eigenvalue weighted by molar-refractivity contribution is 14.1. The van der Waals surface area contributed by atoms with Crippen LogP contribution < -0.4 is 5.56 Å². The van der Waals surface area contributed by atoms with Gasteiger partial charge < -0.3 is 9.88 Å². The third kappa shape index (κ3) is 2.69. The van der Waals surface area contributed by atoms with E-state index in [1.54, 1.807) is 0 Å². The summed E-state index contributed by atoms with van der Waals surface area (Å²) in [6.07, 6.45) is 0. The molecular weight excluding hydrogens is 331 g/mol. The molecule has 94 valence electrons. The van der Waals surface area contributed by atoms with Crippen molar-refractivity contribution in [3.05, 3.63) is 25.4 Å². The Balaban J connectivity index is 2.36. The molecule has 1 aromatic rings. The summed E-state index contributed by atoms with van der Waals surface area (Å²) >= 11 is 2.04. The highest BCUT2D eigenvalue weighted by atomic mass is 127. The van der Waals surface area contributed by atoms with Gasteiger partial charge in [0.05, 0.1) is 15.3 Å². The maximum absolute atomic E-state index is 11.8. The Bertz CT molecular complexity index is 473. The smallest absolute Gasteiger partial charge is 0.264 e. The van der Waals surface area contributed by atoms with Gasteiger partial charge in [-0.2, -0.15) is 0 Å². The van der Waals surface area contributed by atoms with Crippen LogP contribution in [0.2, 0.25) is 0 Å². The second-order valence-corrected chi connectivity index (χ2v) is 5.69. The van der Waals surface area contributed by atoms with Crippen LogP contribution in [0.5, 0.6) is 0 Å². The van der Waals surface area contributed by atoms with Crippen LogP contribution in [-0.4, -0.2) is 53.5 Å². The van der Waals surface area contributed by atoms with Crippen LogP contribution in [0.4, 0.5) is 0 Å². The lowest BCUT2D eigenvalue weighted by atomic mass is 10.1. The predicted molar refractivity (Wildman–Crippen MR) is 75.2 cm³/mol. The first kappa shape index (κ1) is 13.0. The summed E-state index contributed by atoms with van der Waals surface area (Å²) in [6, 6.07) is 0.178. The van der Waals surface area contributed by atoms with E-state index >= 15 is 0 Å². The Morgan fingerprint density at radius 3 is 2.76 bits per heavy atom. The lowest BCUT2D eigenvalue weighted by molar-refractivity contribution is 0.109. The van der Waals surface area contributed by atoms with Crippen molar-refractivity contribution in [1.29, 1.82) is 0 Å². The van der Waals surface area contributed by atoms with E-state index in [0.29, 0.717) is 3.57 Å². The summed E-state index contributed by atoms with van der Waals surface area (Å²) in [5, 5.41) is 0. The second-order valence-electron chi connectivity index (χ2n) is 4.61. The molecule has 17 heavy (non-hydrogen) atoms. The molecule has 0 amide bonds. The zero-order valence-electron chi connectivity index (χ0n) is 10.3. The number of piperazine rings is 1. The van der Waals surface area contributed by atoms with E-state index in [0.717, 1.165) is 31.2 Å². The number of nitrogens with one attached hydrogen (secondary N) is 1. The average molecular weight is 348 g/mol. The molecule has 1 aromatic heterocycles. The van der Waals surface area contributed by atoms with Crippen LogP contribution in [0.15, 0.2) is 4.79 Å². The van der Waals surface area contributed by atoms with E-state index in [9.17, 15) is 4.79 Å². The third-order valence-electron chi connectivity index (χ3n) is 3.21. The van der Waals surface area contributed by atoms with Gasteiger partial charge in [0.1, 0.15) is 5.82 Å². The molecule has 2 heterocycles. The normalized spacial score (nSPS) is 22.9. The molecule has 5 nitrogen and oxygen atoms in total. The standard InChI is InChI=1S/C11H17IN4O/c1-7-9(12)11(17)14-10(13-7)8-6-15(2)4-5-16(8)3/h8H,4-6H2,1-3H3,(H,13,14,17). The quantitative estimate of drug-likeness (QED) is 0.756. The zero-order chi connectivity index (χ0) is 12.6. The Kier molecular flexibility index (Phi) is 3.84. The lowest BCUT2D eigenvalue weighted by Crippen LogP contribution is -2.45. The Labute approximate surface area is 114 Å². The number of H-pyrrole nitrogens is 1. The molecule has 1 unspecified atom stereocenters. The molecule has 0 spiro atoms. The van der Waals surface area contributed by atoms with Crippen molar-refractivity contribution in [2.24, 2.45) is 0 Å². The average Bonchev–Trinajstić information content (AvgIpc) is 2.28. The molecule has 1 atom stereocenters. The number of likely N-dealkylation sites (N-methyl/N-ethyl adjacent to an activating group) is 2. The fourth-order valence-electron chi connectivity index (χ4n) is 2.06. The summed E-state index contributed by atoms with van der Waals surface area (Å²) in [4.78, 5) is 23.7. The van der Waals surface area contributed by atoms with Gasteiger partial charge in [-0.15, -0.1) is 0 Å². The lowest BCUT2D eigenvalue weighted by Gasteiger charge is -2.36. The van der Waals surface area contributed by atoms with Gasteiger partial charge in [0.2, 0.25) is 0 Å². The van der Waals surface area contributed by atoms with E-state index < -0.39 is 0 Å². The molecule has 2 rings (SSSR count). The van der Waals surface area contributed by atoms with Crippen LogP contribution in [-0.2, 0) is 0 Å². The zero-order valence-corrected chi connectivity index (χ0v) is 12.5. The summed E-state index contributed by atoms with van der Waals surface area (Å²) < 4.78 is 0.679. The van der Waals surface area contributed by atoms with Gasteiger partial charge in [-0.05, 0) is 43.6 Å². The van der Waals surface area contributed by atoms with E-state index in [2.05, 4.69) is 33.9 Å². The molecular formula is C11H17IN4O. The summed E-state index contributed by atoms with van der Waals surface area (Å²) in [7, 11) is 4.17. The van der Waals surface area contributed by atoms with Crippen LogP contribution in [0.1, 0.15) is 17.6 Å². The first-order valence-electron chi connectivity index (χ1n) is 5.64. The van der Waals surface area contributed by atoms with E-state index in [-0.39, 0.29) is 11.6 Å². The van der Waals surface area contributed by atoms with E-state index in [1.165, 1.54) is 0 Å². The molecule has 0 radical (unpaired) electrons. The van der Waals surface area contributed by atoms with Crippen molar-refractivity contribution in [3.8, 4) is 0 Å². The fraction of sp³-hybridized carbons (Fsp3) is 0.636. The molecule has 1 fully saturated rings. The van der Waals surface area contributed by atoms with Crippen molar-refractivity contribution in [1.82, 2.24) is 19.8 Å². The molecule has 1 saturated heterocycles. The molecule has 1 aliphatic heterocycles. The number of nitrogens with zero attached hydrogens (tertiary/aromatic N) is 3. The predicted octanol–water partition coefficient (Wildman–Crippen LogP) is 0.601. The SMILES string of the molecule is Cc1nc(C2CN(C)CCN2C)[nH]c(=O)c1I. The summed E-state index contributed by atoms with van der Waals surface area (Å²) in [5.74, 6) is 0.780. The Morgan fingerprint density at radius 2 is 2.12 bits per heavy atom. The van der Waals surface area contributed by atoms with Gasteiger partial charge in [0.25, 0.3) is 5.56 Å². The van der Waals surface area contributed by atoms with Gasteiger partial charge in [-0.1, -0.05) is 0 Å². The van der Waals surface area contributed by atoms with Gasteiger partial charge >= 0.3 is 0 Å². The largest absolute Gasteiger partial charge is 0.308 e. The number of aromatic nitrogens is 2. The number of rotatable bonds is 1. The number of aryl methyl sites for hydroxylation is 1. The van der Waals surface area contributed by atoms with Crippen LogP contribution >= 0.6 is 22.6 Å². The van der Waals surface area contributed by atoms with Crippen LogP contribution in [0.3, 0.4) is 0 Å². The molecule has 1 aliphatic rings. The minimum Gasteiger partial charge on any atom is -0.308 e. The molecule has 6 heteroatoms. The van der Waals surface area contributed by atoms with Crippen molar-refractivity contribution in [2.45, 2.75) is 13.0 Å². The number of hydrogen-bond acceptors (Lipinski definition) is 4. The Morgan fingerprint density at radius 1 is 1.41 bits per heavy atom. The third-order valence-corrected chi connectivity index (χ3v) is 4.48. The van der Waals surface area contributed by atoms with Gasteiger partial charge in [0.15, 0.2) is 0 Å². The van der Waals surface area contributed by atoms with Crippen LogP contribution in [0.25, 0.3) is 0 Å². The summed E-state index contributed by atoms with van der Waals surface area (Å²) in [6.45, 7) is 4.84. The number of halogens is 1. The Hall–Kier alpha value is -0.470. The summed E-state index contributed by atoms with van der Waals surface area (Å²) in [5.41, 5.74) is 0.778. The topological polar surface area (TPSA) is 52.2 Å². The van der Waals surface area contributed by atoms with Crippen molar-refractivity contribution in [3.63, 3.8) is 0 Å². The highest BCUT2D eigenvalue weighted by Gasteiger charge is 2.26. The first-order chi connectivity index (χ1) is 7.99. The van der Waals surface area contributed by atoms with E-state index in [4.69, 9.17) is 0 Å². The molecule has 0 saturated carbocycles. The molecule has 0 bridgehead atoms. The molecule has 0 aliphatic carbocycles.